The number of hydrogen-bond donors (Lipinski definition) is 1. The van der Waals surface area contributed by atoms with Crippen molar-refractivity contribution in [2.45, 2.75) is 19.8 Å². The maximum absolute atomic E-state index is 13.4. The van der Waals surface area contributed by atoms with Gasteiger partial charge in [0.1, 0.15) is 0 Å². The van der Waals surface area contributed by atoms with Gasteiger partial charge in [-0.3, -0.25) is 4.79 Å². The molecule has 1 amide bonds. The maximum Gasteiger partial charge on any atom is 0.227 e. The zero-order valence-corrected chi connectivity index (χ0v) is 13.7. The molecule has 24 heavy (non-hydrogen) atoms. The van der Waals surface area contributed by atoms with Crippen LogP contribution in [0, 0.1) is 5.82 Å². The first-order chi connectivity index (χ1) is 11.7. The van der Waals surface area contributed by atoms with Gasteiger partial charge in [0.2, 0.25) is 5.91 Å². The molecule has 0 spiro atoms. The summed E-state index contributed by atoms with van der Waals surface area (Å²) in [7, 11) is 0. The molecule has 0 aliphatic carbocycles. The van der Waals surface area contributed by atoms with E-state index in [4.69, 9.17) is 4.74 Å². The minimum Gasteiger partial charge on any atom is -0.490 e. The number of nitrogens with zero attached hydrogens (tertiary/aromatic N) is 1. The largest absolute Gasteiger partial charge is 0.490 e. The maximum atomic E-state index is 13.4. The molecule has 0 atom stereocenters. The fourth-order valence-electron chi connectivity index (χ4n) is 2.89. The average Bonchev–Trinajstić information content (AvgIpc) is 2.99. The Bertz CT molecular complexity index is 733. The Morgan fingerprint density at radius 3 is 2.92 bits per heavy atom. The molecule has 0 bridgehead atoms. The van der Waals surface area contributed by atoms with Crippen LogP contribution in [0.4, 0.5) is 15.8 Å². The van der Waals surface area contributed by atoms with Gasteiger partial charge in [-0.15, -0.1) is 0 Å². The van der Waals surface area contributed by atoms with Crippen LogP contribution in [0.5, 0.6) is 5.75 Å². The Morgan fingerprint density at radius 2 is 2.12 bits per heavy atom. The summed E-state index contributed by atoms with van der Waals surface area (Å²) < 4.78 is 18.7. The van der Waals surface area contributed by atoms with Crippen molar-refractivity contribution < 1.29 is 13.9 Å². The summed E-state index contributed by atoms with van der Waals surface area (Å²) in [6.45, 7) is 4.25. The quantitative estimate of drug-likeness (QED) is 0.881. The van der Waals surface area contributed by atoms with Gasteiger partial charge in [-0.1, -0.05) is 18.2 Å². The molecule has 1 N–H and O–H groups in total. The lowest BCUT2D eigenvalue weighted by Crippen LogP contribution is -2.19. The standard InChI is InChI=1S/C19H21FN2O2/c1-2-22-11-9-14-7-8-15(13-17(14)22)21-19(23)10-12-24-18-6-4-3-5-16(18)20/h3-8,13H,2,9-12H2,1H3,(H,21,23). The Hall–Kier alpha value is -2.56. The van der Waals surface area contributed by atoms with Crippen LogP contribution < -0.4 is 15.0 Å². The number of benzene rings is 2. The average molecular weight is 328 g/mol. The van der Waals surface area contributed by atoms with Crippen LogP contribution in [0.25, 0.3) is 0 Å². The monoisotopic (exact) mass is 328 g/mol. The van der Waals surface area contributed by atoms with Crippen molar-refractivity contribution in [1.29, 1.82) is 0 Å². The SMILES string of the molecule is CCN1CCc2ccc(NC(=O)CCOc3ccccc3F)cc21. The van der Waals surface area contributed by atoms with Crippen LogP contribution in [0.3, 0.4) is 0 Å². The molecule has 0 saturated carbocycles. The van der Waals surface area contributed by atoms with Crippen molar-refractivity contribution in [2.75, 3.05) is 29.9 Å². The van der Waals surface area contributed by atoms with E-state index in [0.717, 1.165) is 25.2 Å². The topological polar surface area (TPSA) is 41.6 Å². The first-order valence-electron chi connectivity index (χ1n) is 8.22. The molecule has 4 nitrogen and oxygen atoms in total. The number of carbonyl (C=O) groups is 1. The van der Waals surface area contributed by atoms with Gasteiger partial charge in [-0.05, 0) is 43.2 Å². The Balaban J connectivity index is 1.53. The normalized spacial score (nSPS) is 12.8. The third-order valence-corrected chi connectivity index (χ3v) is 4.17. The molecule has 2 aromatic rings. The third kappa shape index (κ3) is 3.67. The van der Waals surface area contributed by atoms with Crippen LogP contribution in [0.15, 0.2) is 42.5 Å². The molecule has 1 aliphatic heterocycles. The molecule has 0 unspecified atom stereocenters. The fourth-order valence-corrected chi connectivity index (χ4v) is 2.89. The van der Waals surface area contributed by atoms with E-state index >= 15 is 0 Å². The first-order valence-corrected chi connectivity index (χ1v) is 8.22. The lowest BCUT2D eigenvalue weighted by Gasteiger charge is -2.17. The summed E-state index contributed by atoms with van der Waals surface area (Å²) in [6, 6.07) is 12.2. The predicted octanol–water partition coefficient (Wildman–Crippen LogP) is 3.62. The van der Waals surface area contributed by atoms with Gasteiger partial charge in [0, 0.05) is 24.5 Å². The van der Waals surface area contributed by atoms with Crippen LogP contribution in [-0.4, -0.2) is 25.6 Å². The summed E-state index contributed by atoms with van der Waals surface area (Å²) in [4.78, 5) is 14.3. The highest BCUT2D eigenvalue weighted by Gasteiger charge is 2.18. The lowest BCUT2D eigenvalue weighted by atomic mass is 10.1. The van der Waals surface area contributed by atoms with Gasteiger partial charge >= 0.3 is 0 Å². The van der Waals surface area contributed by atoms with E-state index in [2.05, 4.69) is 23.2 Å². The molecule has 1 aliphatic rings. The Kier molecular flexibility index (Phi) is 4.99. The number of rotatable bonds is 6. The third-order valence-electron chi connectivity index (χ3n) is 4.17. The second-order valence-electron chi connectivity index (χ2n) is 5.75. The fraction of sp³-hybridized carbons (Fsp3) is 0.316. The number of hydrogen-bond acceptors (Lipinski definition) is 3. The zero-order chi connectivity index (χ0) is 16.9. The highest BCUT2D eigenvalue weighted by atomic mass is 19.1. The zero-order valence-electron chi connectivity index (χ0n) is 13.7. The predicted molar refractivity (Wildman–Crippen MR) is 93.2 cm³/mol. The summed E-state index contributed by atoms with van der Waals surface area (Å²) >= 11 is 0. The molecule has 0 fully saturated rings. The number of carbonyl (C=O) groups excluding carboxylic acids is 1. The molecule has 5 heteroatoms. The van der Waals surface area contributed by atoms with Crippen LogP contribution in [-0.2, 0) is 11.2 Å². The molecule has 2 aromatic carbocycles. The summed E-state index contributed by atoms with van der Waals surface area (Å²) in [5, 5.41) is 2.88. The van der Waals surface area contributed by atoms with E-state index in [9.17, 15) is 9.18 Å². The number of para-hydroxylation sites is 1. The minimum absolute atomic E-state index is 0.138. The van der Waals surface area contributed by atoms with Crippen molar-refractivity contribution in [3.8, 4) is 5.75 Å². The number of fused-ring (bicyclic) bond motifs is 1. The molecule has 3 rings (SSSR count). The second kappa shape index (κ2) is 7.34. The minimum atomic E-state index is -0.420. The van der Waals surface area contributed by atoms with Gasteiger partial charge < -0.3 is 15.0 Å². The molecule has 0 radical (unpaired) electrons. The number of ether oxygens (including phenoxy) is 1. The van der Waals surface area contributed by atoms with Crippen LogP contribution >= 0.6 is 0 Å². The van der Waals surface area contributed by atoms with Crippen LogP contribution in [0.1, 0.15) is 18.9 Å². The van der Waals surface area contributed by atoms with Crippen molar-refractivity contribution in [3.05, 3.63) is 53.8 Å². The Morgan fingerprint density at radius 1 is 1.29 bits per heavy atom. The van der Waals surface area contributed by atoms with E-state index in [0.29, 0.717) is 0 Å². The van der Waals surface area contributed by atoms with Gasteiger partial charge in [-0.2, -0.15) is 0 Å². The summed E-state index contributed by atoms with van der Waals surface area (Å²) in [6.07, 6.45) is 1.22. The molecular formula is C19H21FN2O2. The van der Waals surface area contributed by atoms with E-state index in [1.54, 1.807) is 18.2 Å². The van der Waals surface area contributed by atoms with E-state index in [1.807, 2.05) is 12.1 Å². The Labute approximate surface area is 141 Å². The van der Waals surface area contributed by atoms with Crippen molar-refractivity contribution in [3.63, 3.8) is 0 Å². The highest BCUT2D eigenvalue weighted by molar-refractivity contribution is 5.91. The first kappa shape index (κ1) is 16.3. The van der Waals surface area contributed by atoms with Gasteiger partial charge in [0.25, 0.3) is 0 Å². The second-order valence-corrected chi connectivity index (χ2v) is 5.75. The van der Waals surface area contributed by atoms with E-state index < -0.39 is 5.82 Å². The van der Waals surface area contributed by atoms with Gasteiger partial charge in [0.05, 0.1) is 13.0 Å². The molecular weight excluding hydrogens is 307 g/mol. The van der Waals surface area contributed by atoms with Crippen LogP contribution in [0.2, 0.25) is 0 Å². The molecule has 0 saturated heterocycles. The van der Waals surface area contributed by atoms with Crippen molar-refractivity contribution in [1.82, 2.24) is 0 Å². The number of anilines is 2. The lowest BCUT2D eigenvalue weighted by molar-refractivity contribution is -0.116. The molecule has 126 valence electrons. The smallest absolute Gasteiger partial charge is 0.227 e. The van der Waals surface area contributed by atoms with E-state index in [-0.39, 0.29) is 24.7 Å². The number of amides is 1. The number of halogens is 1. The summed E-state index contributed by atoms with van der Waals surface area (Å²) in [5.74, 6) is -0.398. The number of likely N-dealkylation sites (N-methyl/N-ethyl adjacent to an activating group) is 1. The van der Waals surface area contributed by atoms with Crippen molar-refractivity contribution >= 4 is 17.3 Å². The van der Waals surface area contributed by atoms with Crippen molar-refractivity contribution in [2.24, 2.45) is 0 Å². The highest BCUT2D eigenvalue weighted by Crippen LogP contribution is 2.30. The van der Waals surface area contributed by atoms with Gasteiger partial charge in [-0.25, -0.2) is 4.39 Å². The van der Waals surface area contributed by atoms with Gasteiger partial charge in [0.15, 0.2) is 11.6 Å². The number of nitrogens with one attached hydrogen (secondary N) is 1. The van der Waals surface area contributed by atoms with E-state index in [1.165, 1.54) is 17.3 Å². The molecule has 1 heterocycles. The molecule has 0 aromatic heterocycles. The summed E-state index contributed by atoms with van der Waals surface area (Å²) in [5.41, 5.74) is 3.29.